The summed E-state index contributed by atoms with van der Waals surface area (Å²) >= 11 is 0. The van der Waals surface area contributed by atoms with E-state index in [1.54, 1.807) is 6.07 Å². The number of hydrogen-bond acceptors (Lipinski definition) is 10. The molecule has 2 amide bonds. The fourth-order valence-corrected chi connectivity index (χ4v) is 6.43. The van der Waals surface area contributed by atoms with Crippen molar-refractivity contribution in [1.29, 1.82) is 0 Å². The molecule has 0 radical (unpaired) electrons. The van der Waals surface area contributed by atoms with Gasteiger partial charge in [0, 0.05) is 31.4 Å². The molecule has 12 nitrogen and oxygen atoms in total. The molecular formula is C31H31F4N5O7S. The van der Waals surface area contributed by atoms with Crippen molar-refractivity contribution in [2.75, 3.05) is 61.6 Å². The summed E-state index contributed by atoms with van der Waals surface area (Å²) in [5.74, 6) is 1.45. The number of urea groups is 1. The number of alkyl halides is 3. The first-order chi connectivity index (χ1) is 22.9. The Kier molecular flexibility index (Phi) is 9.63. The van der Waals surface area contributed by atoms with Gasteiger partial charge in [-0.15, -0.1) is 0 Å². The Labute approximate surface area is 273 Å². The Morgan fingerprint density at radius 1 is 0.979 bits per heavy atom. The van der Waals surface area contributed by atoms with E-state index in [0.717, 1.165) is 6.54 Å². The average molecular weight is 694 g/mol. The zero-order valence-corrected chi connectivity index (χ0v) is 26.1. The number of hydrogen-bond donors (Lipinski definition) is 4. The van der Waals surface area contributed by atoms with E-state index in [1.807, 2.05) is 0 Å². The van der Waals surface area contributed by atoms with Gasteiger partial charge in [0.15, 0.2) is 11.5 Å². The number of nitrogens with zero attached hydrogens (tertiary/aromatic N) is 3. The van der Waals surface area contributed by atoms with E-state index in [0.29, 0.717) is 96.3 Å². The molecule has 2 aliphatic heterocycles. The molecule has 0 atom stereocenters. The van der Waals surface area contributed by atoms with E-state index < -0.39 is 39.9 Å². The molecule has 0 aliphatic carbocycles. The van der Waals surface area contributed by atoms with Crippen molar-refractivity contribution in [3.8, 4) is 28.9 Å². The lowest BCUT2D eigenvalue weighted by Crippen LogP contribution is -2.39. The van der Waals surface area contributed by atoms with Crippen molar-refractivity contribution in [2.24, 2.45) is 0 Å². The van der Waals surface area contributed by atoms with E-state index in [1.165, 1.54) is 30.6 Å². The van der Waals surface area contributed by atoms with E-state index >= 15 is 0 Å². The van der Waals surface area contributed by atoms with Crippen LogP contribution >= 0.6 is 10.6 Å². The summed E-state index contributed by atoms with van der Waals surface area (Å²) in [6.07, 6.45) is -2.67. The van der Waals surface area contributed by atoms with Gasteiger partial charge < -0.3 is 34.5 Å². The number of carbonyl (C=O) groups is 1. The van der Waals surface area contributed by atoms with Gasteiger partial charge in [-0.2, -0.15) is 23.8 Å². The third kappa shape index (κ3) is 7.92. The van der Waals surface area contributed by atoms with Gasteiger partial charge in [0.1, 0.15) is 36.5 Å². The first-order valence-corrected chi connectivity index (χ1v) is 16.7. The molecule has 48 heavy (non-hydrogen) atoms. The van der Waals surface area contributed by atoms with Gasteiger partial charge in [-0.1, -0.05) is 0 Å². The van der Waals surface area contributed by atoms with E-state index in [-0.39, 0.29) is 18.2 Å². The average Bonchev–Trinajstić information content (AvgIpc) is 3.05. The maximum absolute atomic E-state index is 14.0. The predicted octanol–water partition coefficient (Wildman–Crippen LogP) is 6.83. The number of halogens is 4. The van der Waals surface area contributed by atoms with Crippen LogP contribution in [0.4, 0.5) is 33.7 Å². The maximum atomic E-state index is 14.0. The molecular weight excluding hydrogens is 662 g/mol. The van der Waals surface area contributed by atoms with Crippen molar-refractivity contribution in [3.63, 3.8) is 0 Å². The van der Waals surface area contributed by atoms with Gasteiger partial charge >= 0.3 is 12.2 Å². The number of amides is 2. The number of benzene rings is 3. The molecule has 4 aromatic rings. The van der Waals surface area contributed by atoms with Crippen molar-refractivity contribution in [3.05, 3.63) is 66.2 Å². The SMILES string of the molecule is O=C(Nc1ccc(Oc2ncnc3cc(OCCCN4CCS(O)(O)CC4)c4c(c23)OCCO4)cc1)Nc1cc(C(F)(F)F)ccc1F. The molecule has 17 heteroatoms. The van der Waals surface area contributed by atoms with Crippen LogP contribution < -0.4 is 29.6 Å². The monoisotopic (exact) mass is 693 g/mol. The second-order valence-electron chi connectivity index (χ2n) is 11.0. The lowest BCUT2D eigenvalue weighted by Gasteiger charge is -2.40. The third-order valence-corrected chi connectivity index (χ3v) is 9.23. The molecule has 6 rings (SSSR count). The summed E-state index contributed by atoms with van der Waals surface area (Å²) in [4.78, 5) is 23.2. The van der Waals surface area contributed by atoms with Crippen LogP contribution in [-0.2, 0) is 6.18 Å². The van der Waals surface area contributed by atoms with E-state index in [9.17, 15) is 31.5 Å². The second kappa shape index (κ2) is 13.9. The van der Waals surface area contributed by atoms with Crippen molar-refractivity contribution >= 4 is 38.9 Å². The van der Waals surface area contributed by atoms with Gasteiger partial charge in [-0.25, -0.2) is 19.2 Å². The number of rotatable bonds is 9. The fourth-order valence-electron chi connectivity index (χ4n) is 5.12. The molecule has 4 N–H and O–H groups in total. The lowest BCUT2D eigenvalue weighted by atomic mass is 10.1. The maximum Gasteiger partial charge on any atom is 0.416 e. The summed E-state index contributed by atoms with van der Waals surface area (Å²) in [5, 5.41) is 4.98. The second-order valence-corrected chi connectivity index (χ2v) is 13.4. The Bertz CT molecular complexity index is 1790. The standard InChI is InChI=1S/C31H31F4N5O7S/c32-22-7-2-19(31(33,34)35)16-23(22)39-30(41)38-20-3-5-21(6-4-20)47-29-26-24(36-18-37-29)17-25(27-28(26)46-13-12-45-27)44-11-1-8-40-9-14-48(42,43)15-10-40/h2-7,16-18,42-43H,1,8-15H2,(H2,38,39,41). The zero-order chi connectivity index (χ0) is 33.9. The van der Waals surface area contributed by atoms with Gasteiger partial charge in [0.05, 0.1) is 34.9 Å². The number of nitrogens with one attached hydrogen (secondary N) is 2. The molecule has 0 spiro atoms. The Morgan fingerprint density at radius 3 is 2.44 bits per heavy atom. The smallest absolute Gasteiger partial charge is 0.416 e. The fraction of sp³-hybridized carbons (Fsp3) is 0.323. The molecule has 256 valence electrons. The molecule has 3 heterocycles. The van der Waals surface area contributed by atoms with Gasteiger partial charge in [0.2, 0.25) is 11.6 Å². The Hall–Kier alpha value is -4.58. The largest absolute Gasteiger partial charge is 0.489 e. The quantitative estimate of drug-likeness (QED) is 0.109. The van der Waals surface area contributed by atoms with Crippen molar-refractivity contribution in [2.45, 2.75) is 12.6 Å². The van der Waals surface area contributed by atoms with Crippen LogP contribution in [0.15, 0.2) is 54.9 Å². The highest BCUT2D eigenvalue weighted by molar-refractivity contribution is 8.24. The van der Waals surface area contributed by atoms with Crippen LogP contribution in [-0.4, -0.2) is 81.0 Å². The molecule has 1 fully saturated rings. The highest BCUT2D eigenvalue weighted by Crippen LogP contribution is 2.48. The summed E-state index contributed by atoms with van der Waals surface area (Å²) < 4.78 is 96.6. The molecule has 0 bridgehead atoms. The Morgan fingerprint density at radius 2 is 1.71 bits per heavy atom. The molecule has 2 aliphatic rings. The number of aromatic nitrogens is 2. The van der Waals surface area contributed by atoms with Gasteiger partial charge in [-0.3, -0.25) is 9.11 Å². The van der Waals surface area contributed by atoms with Gasteiger partial charge in [-0.05, 0) is 48.9 Å². The van der Waals surface area contributed by atoms with Crippen molar-refractivity contribution < 1.29 is 50.4 Å². The highest BCUT2D eigenvalue weighted by Gasteiger charge is 2.31. The number of carbonyl (C=O) groups excluding carboxylic acids is 1. The van der Waals surface area contributed by atoms with Crippen LogP contribution in [0.5, 0.6) is 28.9 Å². The highest BCUT2D eigenvalue weighted by atomic mass is 32.3. The minimum absolute atomic E-state index is 0.169. The number of anilines is 2. The minimum atomic E-state index is -4.70. The summed E-state index contributed by atoms with van der Waals surface area (Å²) in [6, 6.07) is 8.51. The van der Waals surface area contributed by atoms with E-state index in [4.69, 9.17) is 18.9 Å². The first kappa shape index (κ1) is 33.3. The van der Waals surface area contributed by atoms with E-state index in [2.05, 4.69) is 25.5 Å². The van der Waals surface area contributed by atoms with Crippen molar-refractivity contribution in [1.82, 2.24) is 14.9 Å². The lowest BCUT2D eigenvalue weighted by molar-refractivity contribution is -0.137. The topological polar surface area (TPSA) is 148 Å². The summed E-state index contributed by atoms with van der Waals surface area (Å²) in [6.45, 7) is 2.97. The van der Waals surface area contributed by atoms with Crippen LogP contribution in [0.25, 0.3) is 10.9 Å². The van der Waals surface area contributed by atoms with Gasteiger partial charge in [0.25, 0.3) is 0 Å². The number of fused-ring (bicyclic) bond motifs is 3. The number of ether oxygens (including phenoxy) is 4. The molecule has 1 aromatic heterocycles. The van der Waals surface area contributed by atoms with Crippen LogP contribution in [0.3, 0.4) is 0 Å². The summed E-state index contributed by atoms with van der Waals surface area (Å²) in [7, 11) is -2.45. The van der Waals surface area contributed by atoms with Crippen LogP contribution in [0.2, 0.25) is 0 Å². The van der Waals surface area contributed by atoms with Crippen LogP contribution in [0.1, 0.15) is 12.0 Å². The Balaban J connectivity index is 1.11. The molecule has 0 saturated carbocycles. The first-order valence-electron chi connectivity index (χ1n) is 14.8. The minimum Gasteiger partial charge on any atom is -0.489 e. The molecule has 0 unspecified atom stereocenters. The molecule has 1 saturated heterocycles. The third-order valence-electron chi connectivity index (χ3n) is 7.56. The zero-order valence-electron chi connectivity index (χ0n) is 25.3. The normalized spacial score (nSPS) is 16.6. The molecule has 3 aromatic carbocycles. The summed E-state index contributed by atoms with van der Waals surface area (Å²) in [5.41, 5.74) is -0.986. The predicted molar refractivity (Wildman–Crippen MR) is 170 cm³/mol. The van der Waals surface area contributed by atoms with Crippen LogP contribution in [0, 0.1) is 5.82 Å².